The van der Waals surface area contributed by atoms with Crippen LogP contribution in [0.2, 0.25) is 0 Å². The molecule has 1 fully saturated rings. The highest BCUT2D eigenvalue weighted by Gasteiger charge is 2.29. The number of nitrogens with one attached hydrogen (secondary N) is 1. The highest BCUT2D eigenvalue weighted by Crippen LogP contribution is 2.25. The van der Waals surface area contributed by atoms with Gasteiger partial charge in [0.1, 0.15) is 0 Å². The summed E-state index contributed by atoms with van der Waals surface area (Å²) in [4.78, 5) is 24.5. The van der Waals surface area contributed by atoms with Gasteiger partial charge in [-0.05, 0) is 43.5 Å². The predicted molar refractivity (Wildman–Crippen MR) is 118 cm³/mol. The zero-order valence-electron chi connectivity index (χ0n) is 17.6. The Morgan fingerprint density at radius 1 is 1.03 bits per heavy atom. The molecular weight excluding hydrogens is 418 g/mol. The molecule has 0 spiro atoms. The van der Waals surface area contributed by atoms with Gasteiger partial charge in [-0.2, -0.15) is 12.7 Å². The first-order valence-electron chi connectivity index (χ1n) is 10.2. The second-order valence-electron chi connectivity index (χ2n) is 7.61. The summed E-state index contributed by atoms with van der Waals surface area (Å²) < 4.78 is 28.5. The van der Waals surface area contributed by atoms with Crippen LogP contribution in [0.4, 0.5) is 5.69 Å². The van der Waals surface area contributed by atoms with Crippen LogP contribution in [-0.2, 0) is 10.2 Å². The number of hydrogen-bond donors (Lipinski definition) is 2. The Bertz CT molecular complexity index is 1050. The number of benzene rings is 2. The molecule has 0 bridgehead atoms. The van der Waals surface area contributed by atoms with E-state index in [0.717, 1.165) is 29.1 Å². The van der Waals surface area contributed by atoms with Crippen LogP contribution in [0.15, 0.2) is 48.5 Å². The van der Waals surface area contributed by atoms with Crippen molar-refractivity contribution in [3.05, 3.63) is 65.2 Å². The van der Waals surface area contributed by atoms with Crippen LogP contribution in [0.3, 0.4) is 0 Å². The summed E-state index contributed by atoms with van der Waals surface area (Å²) >= 11 is 0. The molecule has 9 heteroatoms. The van der Waals surface area contributed by atoms with Crippen molar-refractivity contribution in [3.63, 3.8) is 0 Å². The molecule has 1 aliphatic heterocycles. The number of carboxylic acids is 1. The Hall–Kier alpha value is -2.91. The summed E-state index contributed by atoms with van der Waals surface area (Å²) in [6.07, 6.45) is 2.55. The van der Waals surface area contributed by atoms with E-state index in [2.05, 4.69) is 5.32 Å². The Morgan fingerprint density at radius 3 is 2.26 bits per heavy atom. The molecule has 0 aromatic heterocycles. The summed E-state index contributed by atoms with van der Waals surface area (Å²) in [6.45, 7) is 2.67. The van der Waals surface area contributed by atoms with Gasteiger partial charge in [-0.3, -0.25) is 9.10 Å². The molecule has 1 heterocycles. The van der Waals surface area contributed by atoms with E-state index in [4.69, 9.17) is 0 Å². The van der Waals surface area contributed by atoms with E-state index < -0.39 is 22.1 Å². The van der Waals surface area contributed by atoms with Crippen LogP contribution in [-0.4, -0.2) is 49.8 Å². The van der Waals surface area contributed by atoms with E-state index in [0.29, 0.717) is 13.1 Å². The molecule has 2 aromatic carbocycles. The lowest BCUT2D eigenvalue weighted by atomic mass is 10.1. The summed E-state index contributed by atoms with van der Waals surface area (Å²) in [5, 5.41) is 12.3. The third-order valence-electron chi connectivity index (χ3n) is 5.43. The number of carboxylic acid groups (broad SMARTS) is 1. The topological polar surface area (TPSA) is 107 Å². The zero-order valence-corrected chi connectivity index (χ0v) is 18.4. The van der Waals surface area contributed by atoms with Crippen LogP contribution in [0.5, 0.6) is 0 Å². The summed E-state index contributed by atoms with van der Waals surface area (Å²) in [7, 11) is -2.45. The van der Waals surface area contributed by atoms with Gasteiger partial charge in [-0.1, -0.05) is 36.8 Å². The maximum Gasteiger partial charge on any atom is 0.335 e. The molecule has 2 aromatic rings. The van der Waals surface area contributed by atoms with Gasteiger partial charge in [0.25, 0.3) is 5.91 Å². The maximum atomic E-state index is 13.0. The fourth-order valence-corrected chi connectivity index (χ4v) is 4.99. The van der Waals surface area contributed by atoms with Crippen molar-refractivity contribution in [3.8, 4) is 0 Å². The van der Waals surface area contributed by atoms with Gasteiger partial charge in [-0.25, -0.2) is 4.79 Å². The van der Waals surface area contributed by atoms with Gasteiger partial charge in [-0.15, -0.1) is 0 Å². The molecule has 0 radical (unpaired) electrons. The van der Waals surface area contributed by atoms with E-state index in [1.54, 1.807) is 0 Å². The average molecular weight is 446 g/mol. The second kappa shape index (κ2) is 9.49. The number of carbonyl (C=O) groups excluding carboxylic acids is 1. The Morgan fingerprint density at radius 2 is 1.65 bits per heavy atom. The van der Waals surface area contributed by atoms with Crippen LogP contribution >= 0.6 is 0 Å². The first-order valence-corrected chi connectivity index (χ1v) is 11.6. The number of amides is 1. The SMILES string of the molecule is C[C@@H](NC(=O)c1cc(C(=O)O)cc(N(C)S(=O)(=O)N2CCCCC2)c1)c1ccccc1. The molecule has 0 saturated carbocycles. The van der Waals surface area contributed by atoms with E-state index in [9.17, 15) is 23.1 Å². The minimum atomic E-state index is -3.82. The lowest BCUT2D eigenvalue weighted by Crippen LogP contribution is -2.44. The molecular formula is C22H27N3O5S. The number of carbonyl (C=O) groups is 2. The molecule has 0 unspecified atom stereocenters. The van der Waals surface area contributed by atoms with Crippen molar-refractivity contribution >= 4 is 27.8 Å². The fraction of sp³-hybridized carbons (Fsp3) is 0.364. The normalized spacial score (nSPS) is 15.8. The predicted octanol–water partition coefficient (Wildman–Crippen LogP) is 3.04. The lowest BCUT2D eigenvalue weighted by molar-refractivity contribution is 0.0697. The van der Waals surface area contributed by atoms with E-state index in [1.165, 1.54) is 29.6 Å². The molecule has 31 heavy (non-hydrogen) atoms. The van der Waals surface area contributed by atoms with Crippen LogP contribution in [0.25, 0.3) is 0 Å². The lowest BCUT2D eigenvalue weighted by Gasteiger charge is -2.31. The van der Waals surface area contributed by atoms with Crippen molar-refractivity contribution in [2.75, 3.05) is 24.4 Å². The third kappa shape index (κ3) is 5.23. The van der Waals surface area contributed by atoms with Crippen molar-refractivity contribution in [2.24, 2.45) is 0 Å². The number of hydrogen-bond acceptors (Lipinski definition) is 4. The van der Waals surface area contributed by atoms with Gasteiger partial charge in [0.05, 0.1) is 17.3 Å². The molecule has 3 rings (SSSR count). The van der Waals surface area contributed by atoms with Crippen molar-refractivity contribution in [1.82, 2.24) is 9.62 Å². The fourth-order valence-electron chi connectivity index (χ4n) is 3.55. The monoisotopic (exact) mass is 445 g/mol. The molecule has 1 saturated heterocycles. The van der Waals surface area contributed by atoms with E-state index >= 15 is 0 Å². The summed E-state index contributed by atoms with van der Waals surface area (Å²) in [6, 6.07) is 13.0. The van der Waals surface area contributed by atoms with Crippen molar-refractivity contribution in [2.45, 2.75) is 32.2 Å². The summed E-state index contributed by atoms with van der Waals surface area (Å²) in [5.41, 5.74) is 0.951. The van der Waals surface area contributed by atoms with Crippen LogP contribution in [0.1, 0.15) is 58.5 Å². The number of anilines is 1. The molecule has 8 nitrogen and oxygen atoms in total. The van der Waals surface area contributed by atoms with Crippen molar-refractivity contribution < 1.29 is 23.1 Å². The van der Waals surface area contributed by atoms with Gasteiger partial charge in [0, 0.05) is 25.7 Å². The van der Waals surface area contributed by atoms with Crippen LogP contribution < -0.4 is 9.62 Å². The molecule has 1 amide bonds. The van der Waals surface area contributed by atoms with Gasteiger partial charge in [0.15, 0.2) is 0 Å². The quantitative estimate of drug-likeness (QED) is 0.681. The number of aromatic carboxylic acids is 1. The number of rotatable bonds is 7. The first kappa shape index (κ1) is 22.8. The highest BCUT2D eigenvalue weighted by atomic mass is 32.2. The van der Waals surface area contributed by atoms with E-state index in [1.807, 2.05) is 37.3 Å². The maximum absolute atomic E-state index is 13.0. The molecule has 1 aliphatic rings. The average Bonchev–Trinajstić information content (AvgIpc) is 2.79. The van der Waals surface area contributed by atoms with E-state index in [-0.39, 0.29) is 22.9 Å². The molecule has 0 aliphatic carbocycles. The minimum Gasteiger partial charge on any atom is -0.478 e. The molecule has 2 N–H and O–H groups in total. The Kier molecular flexibility index (Phi) is 6.97. The smallest absolute Gasteiger partial charge is 0.335 e. The standard InChI is InChI=1S/C22H27N3O5S/c1-16(17-9-5-3-6-10-17)23-21(26)18-13-19(22(27)28)15-20(14-18)24(2)31(29,30)25-11-7-4-8-12-25/h3,5-6,9-10,13-16H,4,7-8,11-12H2,1-2H3,(H,23,26)(H,27,28)/t16-/m1/s1. The Labute approximate surface area is 182 Å². The molecule has 166 valence electrons. The zero-order chi connectivity index (χ0) is 22.6. The van der Waals surface area contributed by atoms with Gasteiger partial charge in [0.2, 0.25) is 0 Å². The van der Waals surface area contributed by atoms with Gasteiger partial charge >= 0.3 is 16.2 Å². The molecule has 1 atom stereocenters. The number of nitrogens with zero attached hydrogens (tertiary/aromatic N) is 2. The third-order valence-corrected chi connectivity index (χ3v) is 7.35. The first-order chi connectivity index (χ1) is 14.7. The Balaban J connectivity index is 1.90. The highest BCUT2D eigenvalue weighted by molar-refractivity contribution is 7.90. The second-order valence-corrected chi connectivity index (χ2v) is 9.57. The summed E-state index contributed by atoms with van der Waals surface area (Å²) in [5.74, 6) is -1.72. The van der Waals surface area contributed by atoms with Crippen LogP contribution in [0, 0.1) is 0 Å². The van der Waals surface area contributed by atoms with Crippen molar-refractivity contribution in [1.29, 1.82) is 0 Å². The largest absolute Gasteiger partial charge is 0.478 e. The van der Waals surface area contributed by atoms with Gasteiger partial charge < -0.3 is 10.4 Å². The number of piperidine rings is 1. The minimum absolute atomic E-state index is 0.0818.